The number of likely N-dealkylation sites (N-methyl/N-ethyl adjacent to an activating group) is 1. The summed E-state index contributed by atoms with van der Waals surface area (Å²) >= 11 is 0. The minimum absolute atomic E-state index is 0.139. The predicted octanol–water partition coefficient (Wildman–Crippen LogP) is 2.44. The third-order valence-corrected chi connectivity index (χ3v) is 4.19. The lowest BCUT2D eigenvalue weighted by Crippen LogP contribution is -2.39. The molecule has 2 amide bonds. The van der Waals surface area contributed by atoms with E-state index in [1.807, 2.05) is 6.07 Å². The van der Waals surface area contributed by atoms with E-state index in [4.69, 9.17) is 0 Å². The average Bonchev–Trinajstić information content (AvgIpc) is 2.78. The second-order valence-corrected chi connectivity index (χ2v) is 5.84. The van der Waals surface area contributed by atoms with Gasteiger partial charge in [0.15, 0.2) is 5.60 Å². The molecular weight excluding hydrogens is 304 g/mol. The second-order valence-electron chi connectivity index (χ2n) is 5.84. The molecule has 0 radical (unpaired) electrons. The van der Waals surface area contributed by atoms with E-state index < -0.39 is 17.4 Å². The zero-order chi connectivity index (χ0) is 17.3. The van der Waals surface area contributed by atoms with Gasteiger partial charge >= 0.3 is 0 Å². The van der Waals surface area contributed by atoms with Gasteiger partial charge in [-0.1, -0.05) is 43.0 Å². The number of carbonyl (C=O) groups is 2. The number of hydrogen-bond acceptors (Lipinski definition) is 3. The number of carbonyl (C=O) groups excluding carboxylic acids is 2. The van der Waals surface area contributed by atoms with Crippen molar-refractivity contribution in [1.29, 1.82) is 0 Å². The van der Waals surface area contributed by atoms with Gasteiger partial charge in [-0.3, -0.25) is 9.59 Å². The smallest absolute Gasteiger partial charge is 0.263 e. The molecule has 1 unspecified atom stereocenters. The molecule has 0 saturated heterocycles. The summed E-state index contributed by atoms with van der Waals surface area (Å²) < 4.78 is 0. The molecule has 1 atom stereocenters. The first-order chi connectivity index (χ1) is 11.4. The van der Waals surface area contributed by atoms with Crippen LogP contribution in [0.25, 0.3) is 0 Å². The van der Waals surface area contributed by atoms with Crippen molar-refractivity contribution in [2.45, 2.75) is 12.0 Å². The van der Waals surface area contributed by atoms with Crippen molar-refractivity contribution in [3.8, 4) is 0 Å². The van der Waals surface area contributed by atoms with Crippen molar-refractivity contribution in [2.75, 3.05) is 17.3 Å². The summed E-state index contributed by atoms with van der Waals surface area (Å²) in [6.45, 7) is 3.75. The van der Waals surface area contributed by atoms with Gasteiger partial charge < -0.3 is 15.3 Å². The van der Waals surface area contributed by atoms with Crippen LogP contribution in [0.5, 0.6) is 0 Å². The van der Waals surface area contributed by atoms with Gasteiger partial charge in [0.25, 0.3) is 11.8 Å². The number of hydrogen-bond donors (Lipinski definition) is 2. The Labute approximate surface area is 140 Å². The van der Waals surface area contributed by atoms with Crippen molar-refractivity contribution < 1.29 is 14.7 Å². The molecule has 1 heterocycles. The third-order valence-electron chi connectivity index (χ3n) is 4.19. The van der Waals surface area contributed by atoms with Gasteiger partial charge in [0.2, 0.25) is 0 Å². The molecule has 24 heavy (non-hydrogen) atoms. The maximum atomic E-state index is 12.5. The molecule has 2 aromatic rings. The van der Waals surface area contributed by atoms with Crippen LogP contribution in [0.1, 0.15) is 12.0 Å². The zero-order valence-electron chi connectivity index (χ0n) is 13.3. The summed E-state index contributed by atoms with van der Waals surface area (Å²) in [5, 5.41) is 13.6. The molecule has 3 rings (SSSR count). The maximum absolute atomic E-state index is 12.5. The maximum Gasteiger partial charge on any atom is 0.263 e. The first-order valence-electron chi connectivity index (χ1n) is 7.57. The third kappa shape index (κ3) is 2.59. The molecular formula is C19H18N2O3. The van der Waals surface area contributed by atoms with Crippen LogP contribution in [0, 0.1) is 0 Å². The number of amides is 2. The quantitative estimate of drug-likeness (QED) is 0.850. The molecule has 0 aliphatic carbocycles. The average molecular weight is 322 g/mol. The lowest BCUT2D eigenvalue weighted by molar-refractivity contribution is -0.135. The molecule has 0 spiro atoms. The molecule has 0 saturated carbocycles. The van der Waals surface area contributed by atoms with Crippen molar-refractivity contribution in [3.05, 3.63) is 72.3 Å². The Bertz CT molecular complexity index is 816. The Hall–Kier alpha value is -2.92. The summed E-state index contributed by atoms with van der Waals surface area (Å²) in [6, 6.07) is 16.0. The minimum Gasteiger partial charge on any atom is -0.375 e. The fourth-order valence-corrected chi connectivity index (χ4v) is 2.92. The minimum atomic E-state index is -1.77. The first kappa shape index (κ1) is 16.0. The van der Waals surface area contributed by atoms with E-state index >= 15 is 0 Å². The summed E-state index contributed by atoms with van der Waals surface area (Å²) in [4.78, 5) is 26.2. The summed E-state index contributed by atoms with van der Waals surface area (Å²) in [5.41, 5.74) is 0.134. The van der Waals surface area contributed by atoms with Crippen molar-refractivity contribution in [2.24, 2.45) is 0 Å². The van der Waals surface area contributed by atoms with E-state index in [0.717, 1.165) is 0 Å². The fourth-order valence-electron chi connectivity index (χ4n) is 2.92. The molecule has 5 nitrogen and oxygen atoms in total. The standard InChI is InChI=1S/C19H18N2O3/c1-13(17(22)20-14-8-4-3-5-9-14)12-19(24)15-10-6-7-11-16(15)21(2)18(19)23/h3-11,24H,1,12H2,2H3,(H,20,22). The number of fused-ring (bicyclic) bond motifs is 1. The van der Waals surface area contributed by atoms with E-state index in [9.17, 15) is 14.7 Å². The second kappa shape index (κ2) is 5.94. The number of para-hydroxylation sites is 2. The Kier molecular flexibility index (Phi) is 3.95. The van der Waals surface area contributed by atoms with E-state index in [2.05, 4.69) is 11.9 Å². The number of benzene rings is 2. The van der Waals surface area contributed by atoms with Crippen molar-refractivity contribution >= 4 is 23.2 Å². The Morgan fingerprint density at radius 3 is 2.50 bits per heavy atom. The zero-order valence-corrected chi connectivity index (χ0v) is 13.3. The lowest BCUT2D eigenvalue weighted by Gasteiger charge is -2.22. The van der Waals surface area contributed by atoms with Crippen LogP contribution in [-0.2, 0) is 15.2 Å². The molecule has 0 bridgehead atoms. The molecule has 2 N–H and O–H groups in total. The van der Waals surface area contributed by atoms with Gasteiger partial charge in [-0.15, -0.1) is 0 Å². The van der Waals surface area contributed by atoms with E-state index in [0.29, 0.717) is 16.9 Å². The van der Waals surface area contributed by atoms with Crippen LogP contribution < -0.4 is 10.2 Å². The van der Waals surface area contributed by atoms with Crippen molar-refractivity contribution in [1.82, 2.24) is 0 Å². The van der Waals surface area contributed by atoms with Gasteiger partial charge in [0.05, 0.1) is 5.69 Å². The highest BCUT2D eigenvalue weighted by molar-refractivity contribution is 6.09. The Balaban J connectivity index is 1.81. The monoisotopic (exact) mass is 322 g/mol. The number of rotatable bonds is 4. The van der Waals surface area contributed by atoms with Gasteiger partial charge in [0, 0.05) is 30.3 Å². The van der Waals surface area contributed by atoms with Crippen LogP contribution in [0.3, 0.4) is 0 Å². The highest BCUT2D eigenvalue weighted by atomic mass is 16.3. The number of anilines is 2. The van der Waals surface area contributed by atoms with Crippen LogP contribution in [0.2, 0.25) is 0 Å². The Morgan fingerprint density at radius 1 is 1.17 bits per heavy atom. The molecule has 1 aliphatic heterocycles. The van der Waals surface area contributed by atoms with Gasteiger partial charge in [-0.25, -0.2) is 0 Å². The number of aliphatic hydroxyl groups is 1. The van der Waals surface area contributed by atoms with Crippen molar-refractivity contribution in [3.63, 3.8) is 0 Å². The topological polar surface area (TPSA) is 69.6 Å². The molecule has 0 aromatic heterocycles. The SMILES string of the molecule is C=C(CC1(O)C(=O)N(C)c2ccccc21)C(=O)Nc1ccccc1. The van der Waals surface area contributed by atoms with E-state index in [-0.39, 0.29) is 12.0 Å². The molecule has 1 aliphatic rings. The summed E-state index contributed by atoms with van der Waals surface area (Å²) in [7, 11) is 1.60. The highest BCUT2D eigenvalue weighted by Gasteiger charge is 2.48. The lowest BCUT2D eigenvalue weighted by atomic mass is 9.88. The van der Waals surface area contributed by atoms with Crippen LogP contribution in [0.15, 0.2) is 66.7 Å². The van der Waals surface area contributed by atoms with Gasteiger partial charge in [-0.05, 0) is 18.2 Å². The van der Waals surface area contributed by atoms with Crippen LogP contribution in [-0.4, -0.2) is 24.0 Å². The summed E-state index contributed by atoms with van der Waals surface area (Å²) in [5.74, 6) is -0.883. The van der Waals surface area contributed by atoms with E-state index in [1.165, 1.54) is 4.90 Å². The van der Waals surface area contributed by atoms with E-state index in [1.54, 1.807) is 55.6 Å². The van der Waals surface area contributed by atoms with Crippen LogP contribution >= 0.6 is 0 Å². The first-order valence-corrected chi connectivity index (χ1v) is 7.57. The molecule has 5 heteroatoms. The fraction of sp³-hybridized carbons (Fsp3) is 0.158. The largest absolute Gasteiger partial charge is 0.375 e. The molecule has 0 fully saturated rings. The molecule has 122 valence electrons. The number of nitrogens with zero attached hydrogens (tertiary/aromatic N) is 1. The number of nitrogens with one attached hydrogen (secondary N) is 1. The van der Waals surface area contributed by atoms with Gasteiger partial charge in [-0.2, -0.15) is 0 Å². The summed E-state index contributed by atoms with van der Waals surface area (Å²) in [6.07, 6.45) is -0.161. The molecule has 2 aromatic carbocycles. The Morgan fingerprint density at radius 2 is 1.79 bits per heavy atom. The normalized spacial score (nSPS) is 19.1. The van der Waals surface area contributed by atoms with Gasteiger partial charge in [0.1, 0.15) is 0 Å². The highest BCUT2D eigenvalue weighted by Crippen LogP contribution is 2.42. The predicted molar refractivity (Wildman–Crippen MR) is 92.6 cm³/mol. The van der Waals surface area contributed by atoms with Crippen LogP contribution in [0.4, 0.5) is 11.4 Å².